The number of hydrogen-bond donors (Lipinski definition) is 1. The van der Waals surface area contributed by atoms with Gasteiger partial charge >= 0.3 is 12.3 Å². The highest BCUT2D eigenvalue weighted by molar-refractivity contribution is 7.89. The first-order valence-corrected chi connectivity index (χ1v) is 11.9. The molecule has 0 bridgehead atoms. The summed E-state index contributed by atoms with van der Waals surface area (Å²) in [7, 11) is -3.60. The smallest absolute Gasteiger partial charge is 0.456 e. The van der Waals surface area contributed by atoms with Crippen LogP contribution in [0.25, 0.3) is 0 Å². The number of alkyl halides is 3. The van der Waals surface area contributed by atoms with Crippen LogP contribution in [0.15, 0.2) is 53.4 Å². The molecule has 0 spiro atoms. The van der Waals surface area contributed by atoms with Crippen molar-refractivity contribution in [3.63, 3.8) is 0 Å². The average Bonchev–Trinajstić information content (AvgIpc) is 2.82. The van der Waals surface area contributed by atoms with Crippen molar-refractivity contribution in [2.45, 2.75) is 24.1 Å². The second kappa shape index (κ2) is 11.5. The third-order valence-corrected chi connectivity index (χ3v) is 6.80. The molecule has 1 fully saturated rings. The van der Waals surface area contributed by atoms with Crippen molar-refractivity contribution < 1.29 is 45.4 Å². The minimum absolute atomic E-state index is 0.0354. The summed E-state index contributed by atoms with van der Waals surface area (Å²) in [4.78, 5) is 24.0. The molecule has 13 heteroatoms. The molecule has 0 radical (unpaired) electrons. The molecule has 0 saturated carbocycles. The third kappa shape index (κ3) is 8.23. The molecule has 1 heterocycles. The normalized spacial score (nSPS) is 14.8. The summed E-state index contributed by atoms with van der Waals surface area (Å²) >= 11 is 0. The van der Waals surface area contributed by atoms with Crippen LogP contribution >= 0.6 is 0 Å². The summed E-state index contributed by atoms with van der Waals surface area (Å²) in [5.74, 6) is -1.74. The number of anilines is 1. The number of aryl methyl sites for hydroxylation is 1. The number of nitrogens with zero attached hydrogens (tertiary/aromatic N) is 1. The van der Waals surface area contributed by atoms with Gasteiger partial charge in [0, 0.05) is 25.2 Å². The van der Waals surface area contributed by atoms with Crippen molar-refractivity contribution in [3.8, 4) is 5.75 Å². The van der Waals surface area contributed by atoms with Crippen LogP contribution in [0.4, 0.5) is 18.9 Å². The Morgan fingerprint density at radius 3 is 2.23 bits per heavy atom. The van der Waals surface area contributed by atoms with Gasteiger partial charge in [-0.25, -0.2) is 8.42 Å². The average molecular weight is 516 g/mol. The second-order valence-electron chi connectivity index (χ2n) is 7.44. The van der Waals surface area contributed by atoms with E-state index in [-0.39, 0.29) is 23.4 Å². The fourth-order valence-corrected chi connectivity index (χ4v) is 4.57. The highest BCUT2D eigenvalue weighted by Crippen LogP contribution is 2.24. The van der Waals surface area contributed by atoms with Gasteiger partial charge in [0.1, 0.15) is 5.75 Å². The first kappa shape index (κ1) is 26.4. The number of rotatable bonds is 9. The Kier molecular flexibility index (Phi) is 8.70. The standard InChI is InChI=1S/C22H23F3N2O7S/c23-22(24,25)34-18-6-4-17(5-7-18)26-20(28)15-33-21(29)10-3-16-1-8-19(9-2-16)35(30,31)27-11-13-32-14-12-27/h1-2,4-9H,3,10-15H2,(H,26,28). The van der Waals surface area contributed by atoms with Gasteiger partial charge in [-0.2, -0.15) is 4.31 Å². The number of esters is 1. The first-order chi connectivity index (χ1) is 16.5. The van der Waals surface area contributed by atoms with E-state index in [2.05, 4.69) is 10.1 Å². The van der Waals surface area contributed by atoms with Gasteiger partial charge < -0.3 is 19.5 Å². The molecule has 0 atom stereocenters. The van der Waals surface area contributed by atoms with Gasteiger partial charge in [-0.15, -0.1) is 13.2 Å². The van der Waals surface area contributed by atoms with Crippen LogP contribution in [0.2, 0.25) is 0 Å². The number of morpholine rings is 1. The zero-order valence-electron chi connectivity index (χ0n) is 18.4. The summed E-state index contributed by atoms with van der Waals surface area (Å²) in [5, 5.41) is 2.39. The molecule has 1 aliphatic heterocycles. The number of hydrogen-bond acceptors (Lipinski definition) is 7. The zero-order chi connectivity index (χ0) is 25.5. The quantitative estimate of drug-likeness (QED) is 0.510. The van der Waals surface area contributed by atoms with E-state index in [0.717, 1.165) is 12.1 Å². The van der Waals surface area contributed by atoms with Crippen LogP contribution in [0.3, 0.4) is 0 Å². The number of carbonyl (C=O) groups excluding carboxylic acids is 2. The van der Waals surface area contributed by atoms with Crippen LogP contribution in [-0.2, 0) is 35.5 Å². The Morgan fingerprint density at radius 1 is 1.00 bits per heavy atom. The SMILES string of the molecule is O=C(COC(=O)CCc1ccc(S(=O)(=O)N2CCOCC2)cc1)Nc1ccc(OC(F)(F)F)cc1. The molecule has 35 heavy (non-hydrogen) atoms. The maximum Gasteiger partial charge on any atom is 0.573 e. The predicted octanol–water partition coefficient (Wildman–Crippen LogP) is 2.72. The van der Waals surface area contributed by atoms with Crippen LogP contribution in [0, 0.1) is 0 Å². The van der Waals surface area contributed by atoms with Gasteiger partial charge in [0.15, 0.2) is 6.61 Å². The van der Waals surface area contributed by atoms with E-state index >= 15 is 0 Å². The fourth-order valence-electron chi connectivity index (χ4n) is 3.17. The molecular formula is C22H23F3N2O7S. The van der Waals surface area contributed by atoms with Crippen molar-refractivity contribution in [2.24, 2.45) is 0 Å². The molecule has 1 aliphatic rings. The first-order valence-electron chi connectivity index (χ1n) is 10.5. The number of ether oxygens (including phenoxy) is 3. The molecule has 2 aromatic rings. The fraction of sp³-hybridized carbons (Fsp3) is 0.364. The number of halogens is 3. The van der Waals surface area contributed by atoms with E-state index in [1.165, 1.54) is 28.6 Å². The molecule has 0 aromatic heterocycles. The van der Waals surface area contributed by atoms with Gasteiger partial charge in [0.05, 0.1) is 18.1 Å². The molecule has 0 unspecified atom stereocenters. The third-order valence-electron chi connectivity index (χ3n) is 4.88. The summed E-state index contributed by atoms with van der Waals surface area (Å²) < 4.78 is 76.9. The number of nitrogens with one attached hydrogen (secondary N) is 1. The topological polar surface area (TPSA) is 111 Å². The highest BCUT2D eigenvalue weighted by Gasteiger charge is 2.31. The molecule has 190 valence electrons. The molecule has 3 rings (SSSR count). The largest absolute Gasteiger partial charge is 0.573 e. The van der Waals surface area contributed by atoms with E-state index in [9.17, 15) is 31.2 Å². The van der Waals surface area contributed by atoms with Gasteiger partial charge in [-0.3, -0.25) is 9.59 Å². The monoisotopic (exact) mass is 516 g/mol. The Hall–Kier alpha value is -3.16. The van der Waals surface area contributed by atoms with Crippen LogP contribution < -0.4 is 10.1 Å². The van der Waals surface area contributed by atoms with E-state index < -0.39 is 40.6 Å². The van der Waals surface area contributed by atoms with Crippen LogP contribution in [0.1, 0.15) is 12.0 Å². The summed E-state index contributed by atoms with van der Waals surface area (Å²) in [6, 6.07) is 10.7. The Bertz CT molecular complexity index is 1120. The number of amides is 1. The summed E-state index contributed by atoms with van der Waals surface area (Å²) in [6.45, 7) is 0.709. The van der Waals surface area contributed by atoms with Gasteiger partial charge in [0.25, 0.3) is 5.91 Å². The molecule has 1 amide bonds. The molecule has 1 saturated heterocycles. The van der Waals surface area contributed by atoms with E-state index in [1.54, 1.807) is 12.1 Å². The molecule has 9 nitrogen and oxygen atoms in total. The minimum atomic E-state index is -4.82. The van der Waals surface area contributed by atoms with E-state index in [0.29, 0.717) is 31.9 Å². The lowest BCUT2D eigenvalue weighted by Crippen LogP contribution is -2.40. The van der Waals surface area contributed by atoms with Crippen molar-refractivity contribution in [2.75, 3.05) is 38.2 Å². The summed E-state index contributed by atoms with van der Waals surface area (Å²) in [6.07, 6.45) is -4.58. The van der Waals surface area contributed by atoms with Crippen LogP contribution in [-0.4, -0.2) is 63.9 Å². The zero-order valence-corrected chi connectivity index (χ0v) is 19.2. The lowest BCUT2D eigenvalue weighted by atomic mass is 10.1. The van der Waals surface area contributed by atoms with Crippen molar-refractivity contribution in [3.05, 3.63) is 54.1 Å². The van der Waals surface area contributed by atoms with Crippen LogP contribution in [0.5, 0.6) is 5.75 Å². The Labute approximate surface area is 199 Å². The van der Waals surface area contributed by atoms with E-state index in [4.69, 9.17) is 9.47 Å². The lowest BCUT2D eigenvalue weighted by molar-refractivity contribution is -0.274. The van der Waals surface area contributed by atoms with Gasteiger partial charge in [-0.1, -0.05) is 12.1 Å². The second-order valence-corrected chi connectivity index (χ2v) is 9.38. The molecule has 0 aliphatic carbocycles. The van der Waals surface area contributed by atoms with E-state index in [1.807, 2.05) is 0 Å². The maximum absolute atomic E-state index is 12.6. The van der Waals surface area contributed by atoms with Gasteiger partial charge in [0.2, 0.25) is 10.0 Å². The number of carbonyl (C=O) groups is 2. The minimum Gasteiger partial charge on any atom is -0.456 e. The molecule has 1 N–H and O–H groups in total. The molecule has 2 aromatic carbocycles. The number of benzene rings is 2. The number of sulfonamides is 1. The maximum atomic E-state index is 12.6. The van der Waals surface area contributed by atoms with Crippen molar-refractivity contribution >= 4 is 27.6 Å². The van der Waals surface area contributed by atoms with Crippen molar-refractivity contribution in [1.82, 2.24) is 4.31 Å². The lowest BCUT2D eigenvalue weighted by Gasteiger charge is -2.26. The van der Waals surface area contributed by atoms with Gasteiger partial charge in [-0.05, 0) is 48.4 Å². The predicted molar refractivity (Wildman–Crippen MR) is 117 cm³/mol. The van der Waals surface area contributed by atoms with Crippen molar-refractivity contribution in [1.29, 1.82) is 0 Å². The molecular weight excluding hydrogens is 493 g/mol. The summed E-state index contributed by atoms with van der Waals surface area (Å²) in [5.41, 5.74) is 0.918. The Balaban J connectivity index is 1.41. The Morgan fingerprint density at radius 2 is 1.63 bits per heavy atom. The highest BCUT2D eigenvalue weighted by atomic mass is 32.2.